The van der Waals surface area contributed by atoms with E-state index in [0.717, 1.165) is 21.6 Å². The molecule has 2 aliphatic rings. The van der Waals surface area contributed by atoms with E-state index in [1.165, 1.54) is 14.0 Å². The molecule has 0 N–H and O–H groups in total. The minimum atomic E-state index is -0.824. The number of nitrogens with zero attached hydrogens (tertiary/aromatic N) is 2. The summed E-state index contributed by atoms with van der Waals surface area (Å²) in [5.41, 5.74) is 2.29. The predicted octanol–water partition coefficient (Wildman–Crippen LogP) is 1.94. The lowest BCUT2D eigenvalue weighted by atomic mass is 9.81. The molecule has 0 unspecified atom stereocenters. The fourth-order valence-electron chi connectivity index (χ4n) is 4.56. The lowest BCUT2D eigenvalue weighted by Crippen LogP contribution is -2.63. The molecule has 2 aromatic rings. The van der Waals surface area contributed by atoms with Gasteiger partial charge in [0.1, 0.15) is 18.3 Å². The normalized spacial score (nSPS) is 20.1. The largest absolute Gasteiger partial charge is 0.496 e. The van der Waals surface area contributed by atoms with Gasteiger partial charge in [-0.25, -0.2) is 0 Å². The molecule has 31 heavy (non-hydrogen) atoms. The van der Waals surface area contributed by atoms with Crippen LogP contribution in [0.3, 0.4) is 0 Å². The first-order valence-electron chi connectivity index (χ1n) is 9.92. The van der Waals surface area contributed by atoms with Crippen molar-refractivity contribution in [2.45, 2.75) is 25.4 Å². The number of fused-ring (bicyclic) bond motifs is 2. The SMILES string of the molecule is COc1cc(OC)c(OC)c2c1C[C@H]1C(=O)N(C(C)=O)CC(=O)N1[C@@H]2c1ccccc1. The first-order chi connectivity index (χ1) is 14.9. The number of hydrogen-bond acceptors (Lipinski definition) is 6. The monoisotopic (exact) mass is 424 g/mol. The Morgan fingerprint density at radius 1 is 1.00 bits per heavy atom. The number of rotatable bonds is 4. The molecule has 0 aromatic heterocycles. The summed E-state index contributed by atoms with van der Waals surface area (Å²) < 4.78 is 16.9. The summed E-state index contributed by atoms with van der Waals surface area (Å²) in [4.78, 5) is 41.1. The minimum absolute atomic E-state index is 0.205. The van der Waals surface area contributed by atoms with Gasteiger partial charge in [-0.1, -0.05) is 30.3 Å². The topological polar surface area (TPSA) is 85.4 Å². The second kappa shape index (κ2) is 7.94. The summed E-state index contributed by atoms with van der Waals surface area (Å²) in [5, 5.41) is 0. The summed E-state index contributed by atoms with van der Waals surface area (Å²) in [6, 6.07) is 9.73. The van der Waals surface area contributed by atoms with Gasteiger partial charge in [-0.2, -0.15) is 0 Å². The molecule has 3 amide bonds. The van der Waals surface area contributed by atoms with Crippen molar-refractivity contribution < 1.29 is 28.6 Å². The Labute approximate surface area is 180 Å². The fraction of sp³-hybridized carbons (Fsp3) is 0.348. The van der Waals surface area contributed by atoms with Crippen molar-refractivity contribution in [3.05, 3.63) is 53.1 Å². The fourth-order valence-corrected chi connectivity index (χ4v) is 4.56. The van der Waals surface area contributed by atoms with Gasteiger partial charge in [-0.05, 0) is 5.56 Å². The maximum Gasteiger partial charge on any atom is 0.252 e. The van der Waals surface area contributed by atoms with Crippen LogP contribution in [-0.4, -0.2) is 61.4 Å². The van der Waals surface area contributed by atoms with Gasteiger partial charge in [-0.15, -0.1) is 0 Å². The van der Waals surface area contributed by atoms with Crippen LogP contribution in [0.1, 0.15) is 29.7 Å². The van der Waals surface area contributed by atoms with E-state index in [1.54, 1.807) is 25.2 Å². The second-order valence-corrected chi connectivity index (χ2v) is 7.48. The van der Waals surface area contributed by atoms with Gasteiger partial charge in [0, 0.05) is 30.5 Å². The number of hydrogen-bond donors (Lipinski definition) is 0. The van der Waals surface area contributed by atoms with Crippen LogP contribution in [0.5, 0.6) is 17.2 Å². The van der Waals surface area contributed by atoms with Crippen molar-refractivity contribution in [2.24, 2.45) is 0 Å². The Morgan fingerprint density at radius 3 is 2.26 bits per heavy atom. The van der Waals surface area contributed by atoms with E-state index in [2.05, 4.69) is 0 Å². The second-order valence-electron chi connectivity index (χ2n) is 7.48. The Hall–Kier alpha value is -3.55. The van der Waals surface area contributed by atoms with E-state index < -0.39 is 23.9 Å². The first-order valence-corrected chi connectivity index (χ1v) is 9.92. The van der Waals surface area contributed by atoms with E-state index in [9.17, 15) is 14.4 Å². The highest BCUT2D eigenvalue weighted by Gasteiger charge is 2.50. The molecule has 162 valence electrons. The average Bonchev–Trinajstić information content (AvgIpc) is 2.79. The summed E-state index contributed by atoms with van der Waals surface area (Å²) in [6.07, 6.45) is 0.205. The van der Waals surface area contributed by atoms with Crippen LogP contribution in [0.15, 0.2) is 36.4 Å². The number of benzene rings is 2. The van der Waals surface area contributed by atoms with Crippen molar-refractivity contribution >= 4 is 17.7 Å². The lowest BCUT2D eigenvalue weighted by molar-refractivity contribution is -0.163. The molecule has 0 saturated carbocycles. The molecule has 1 saturated heterocycles. The van der Waals surface area contributed by atoms with Gasteiger partial charge >= 0.3 is 0 Å². The van der Waals surface area contributed by atoms with E-state index >= 15 is 0 Å². The number of methoxy groups -OCH3 is 3. The van der Waals surface area contributed by atoms with Gasteiger partial charge in [0.25, 0.3) is 5.91 Å². The van der Waals surface area contributed by atoms with E-state index in [4.69, 9.17) is 14.2 Å². The van der Waals surface area contributed by atoms with Crippen molar-refractivity contribution in [2.75, 3.05) is 27.9 Å². The van der Waals surface area contributed by atoms with Crippen molar-refractivity contribution in [1.82, 2.24) is 9.80 Å². The zero-order valence-corrected chi connectivity index (χ0v) is 17.9. The molecule has 4 rings (SSSR count). The summed E-state index contributed by atoms with van der Waals surface area (Å²) in [5.74, 6) is 0.352. The van der Waals surface area contributed by atoms with Gasteiger partial charge in [0.15, 0.2) is 11.5 Å². The first kappa shape index (κ1) is 20.7. The maximum absolute atomic E-state index is 13.3. The maximum atomic E-state index is 13.3. The highest BCUT2D eigenvalue weighted by atomic mass is 16.5. The number of carbonyl (C=O) groups is 3. The van der Waals surface area contributed by atoms with Crippen molar-refractivity contribution in [3.63, 3.8) is 0 Å². The molecule has 2 aliphatic heterocycles. The van der Waals surface area contributed by atoms with E-state index in [0.29, 0.717) is 17.2 Å². The number of imide groups is 1. The number of ether oxygens (including phenoxy) is 3. The Kier molecular flexibility index (Phi) is 5.31. The molecular weight excluding hydrogens is 400 g/mol. The molecule has 1 fully saturated rings. The molecule has 8 nitrogen and oxygen atoms in total. The van der Waals surface area contributed by atoms with Crippen LogP contribution in [-0.2, 0) is 20.8 Å². The van der Waals surface area contributed by atoms with Crippen LogP contribution in [0.25, 0.3) is 0 Å². The van der Waals surface area contributed by atoms with Crippen LogP contribution in [0.2, 0.25) is 0 Å². The van der Waals surface area contributed by atoms with Gasteiger partial charge in [0.05, 0.1) is 27.4 Å². The van der Waals surface area contributed by atoms with Gasteiger partial charge in [0.2, 0.25) is 11.8 Å². The van der Waals surface area contributed by atoms with Crippen LogP contribution in [0.4, 0.5) is 0 Å². The molecule has 8 heteroatoms. The Bertz CT molecular complexity index is 1050. The average molecular weight is 424 g/mol. The zero-order valence-electron chi connectivity index (χ0n) is 17.9. The Morgan fingerprint density at radius 2 is 1.68 bits per heavy atom. The van der Waals surface area contributed by atoms with Crippen LogP contribution < -0.4 is 14.2 Å². The highest BCUT2D eigenvalue weighted by Crippen LogP contribution is 2.50. The Balaban J connectivity index is 2.01. The minimum Gasteiger partial charge on any atom is -0.496 e. The number of amides is 3. The van der Waals surface area contributed by atoms with Gasteiger partial charge < -0.3 is 19.1 Å². The number of carbonyl (C=O) groups excluding carboxylic acids is 3. The quantitative estimate of drug-likeness (QED) is 0.746. The number of piperazine rings is 1. The van der Waals surface area contributed by atoms with Crippen molar-refractivity contribution in [3.8, 4) is 17.2 Å². The third-order valence-electron chi connectivity index (χ3n) is 5.91. The standard InChI is InChI=1S/C23H24N2O6/c1-13(26)24-12-19(27)25-16(23(24)28)10-15-17(29-2)11-18(30-3)22(31-4)20(15)21(25)14-8-6-5-7-9-14/h5-9,11,16,21H,10,12H2,1-4H3/t16-,21+/m0/s1. The zero-order chi connectivity index (χ0) is 22.3. The summed E-state index contributed by atoms with van der Waals surface area (Å²) >= 11 is 0. The lowest BCUT2D eigenvalue weighted by Gasteiger charge is -2.47. The molecule has 2 atom stereocenters. The molecular formula is C23H24N2O6. The molecule has 0 radical (unpaired) electrons. The van der Waals surface area contributed by atoms with Crippen LogP contribution >= 0.6 is 0 Å². The predicted molar refractivity (Wildman–Crippen MR) is 111 cm³/mol. The highest BCUT2D eigenvalue weighted by molar-refractivity contribution is 6.05. The smallest absolute Gasteiger partial charge is 0.252 e. The molecule has 2 aromatic carbocycles. The summed E-state index contributed by atoms with van der Waals surface area (Å²) in [6.45, 7) is 1.01. The van der Waals surface area contributed by atoms with Crippen LogP contribution in [0, 0.1) is 0 Å². The third-order valence-corrected chi connectivity index (χ3v) is 5.91. The van der Waals surface area contributed by atoms with Crippen molar-refractivity contribution in [1.29, 1.82) is 0 Å². The van der Waals surface area contributed by atoms with E-state index in [-0.39, 0.29) is 18.9 Å². The third kappa shape index (κ3) is 3.19. The molecule has 0 bridgehead atoms. The molecule has 0 spiro atoms. The molecule has 2 heterocycles. The summed E-state index contributed by atoms with van der Waals surface area (Å²) in [7, 11) is 4.62. The van der Waals surface area contributed by atoms with Gasteiger partial charge in [-0.3, -0.25) is 19.3 Å². The van der Waals surface area contributed by atoms with E-state index in [1.807, 2.05) is 30.3 Å². The molecule has 0 aliphatic carbocycles.